The van der Waals surface area contributed by atoms with Gasteiger partial charge in [-0.15, -0.1) is 0 Å². The van der Waals surface area contributed by atoms with Gasteiger partial charge >= 0.3 is 0 Å². The molecule has 3 nitrogen and oxygen atoms in total. The number of hydrogen-bond acceptors (Lipinski definition) is 3. The van der Waals surface area contributed by atoms with Gasteiger partial charge in [0.25, 0.3) is 0 Å². The summed E-state index contributed by atoms with van der Waals surface area (Å²) in [4.78, 5) is 7.70. The smallest absolute Gasteiger partial charge is 0.225 e. The molecule has 2 rings (SSSR count). The molecule has 6 heteroatoms. The lowest BCUT2D eigenvalue weighted by atomic mass is 10.3. The Balaban J connectivity index is 2.27. The molecule has 82 valence electrons. The van der Waals surface area contributed by atoms with E-state index in [9.17, 15) is 0 Å². The molecule has 0 amide bonds. The highest BCUT2D eigenvalue weighted by atomic mass is 79.9. The summed E-state index contributed by atoms with van der Waals surface area (Å²) in [6.45, 7) is 0. The van der Waals surface area contributed by atoms with Crippen LogP contribution in [0.4, 0.5) is 0 Å². The molecule has 0 unspecified atom stereocenters. The first kappa shape index (κ1) is 11.8. The van der Waals surface area contributed by atoms with Crippen molar-refractivity contribution < 1.29 is 4.74 Å². The summed E-state index contributed by atoms with van der Waals surface area (Å²) in [6.07, 6.45) is 1.54. The summed E-state index contributed by atoms with van der Waals surface area (Å²) >= 11 is 12.4. The molecule has 0 aliphatic carbocycles. The standard InChI is InChI=1S/C10H5Br2ClN2O/c11-6-1-2-8(7(12)5-6)16-9-3-4-14-10(13)15-9/h1-5H. The fourth-order valence-electron chi connectivity index (χ4n) is 1.05. The van der Waals surface area contributed by atoms with Gasteiger partial charge in [0.05, 0.1) is 4.47 Å². The Bertz CT molecular complexity index is 522. The Kier molecular flexibility index (Phi) is 3.78. The van der Waals surface area contributed by atoms with E-state index < -0.39 is 0 Å². The van der Waals surface area contributed by atoms with Crippen LogP contribution in [0.25, 0.3) is 0 Å². The topological polar surface area (TPSA) is 35.0 Å². The predicted molar refractivity (Wildman–Crippen MR) is 69.0 cm³/mol. The van der Waals surface area contributed by atoms with Gasteiger partial charge in [-0.05, 0) is 45.7 Å². The third-order valence-electron chi connectivity index (χ3n) is 1.71. The number of nitrogens with zero attached hydrogens (tertiary/aromatic N) is 2. The van der Waals surface area contributed by atoms with Crippen molar-refractivity contribution in [2.45, 2.75) is 0 Å². The van der Waals surface area contributed by atoms with Crippen LogP contribution in [-0.2, 0) is 0 Å². The first-order chi connectivity index (χ1) is 7.65. The van der Waals surface area contributed by atoms with Crippen LogP contribution in [0.5, 0.6) is 11.6 Å². The number of rotatable bonds is 2. The van der Waals surface area contributed by atoms with Crippen LogP contribution < -0.4 is 4.74 Å². The van der Waals surface area contributed by atoms with Crippen LogP contribution in [0.2, 0.25) is 5.28 Å². The molecule has 0 bridgehead atoms. The van der Waals surface area contributed by atoms with Crippen LogP contribution in [0.1, 0.15) is 0 Å². The summed E-state index contributed by atoms with van der Waals surface area (Å²) in [5.74, 6) is 1.07. The normalized spacial score (nSPS) is 10.2. The fourth-order valence-corrected chi connectivity index (χ4v) is 2.31. The third kappa shape index (κ3) is 2.93. The van der Waals surface area contributed by atoms with Crippen molar-refractivity contribution in [3.63, 3.8) is 0 Å². The van der Waals surface area contributed by atoms with Crippen molar-refractivity contribution in [2.24, 2.45) is 0 Å². The molecular weight excluding hydrogens is 359 g/mol. The molecule has 0 saturated carbocycles. The Labute approximate surface area is 114 Å². The highest BCUT2D eigenvalue weighted by Crippen LogP contribution is 2.31. The number of ether oxygens (including phenoxy) is 1. The minimum atomic E-state index is 0.158. The zero-order chi connectivity index (χ0) is 11.5. The van der Waals surface area contributed by atoms with Gasteiger partial charge in [0.2, 0.25) is 11.2 Å². The van der Waals surface area contributed by atoms with Crippen LogP contribution in [0.3, 0.4) is 0 Å². The maximum Gasteiger partial charge on any atom is 0.225 e. The lowest BCUT2D eigenvalue weighted by Gasteiger charge is -2.06. The molecule has 0 radical (unpaired) electrons. The van der Waals surface area contributed by atoms with E-state index in [1.165, 1.54) is 6.20 Å². The molecule has 0 aliphatic rings. The quantitative estimate of drug-likeness (QED) is 0.739. The van der Waals surface area contributed by atoms with E-state index in [0.29, 0.717) is 11.6 Å². The zero-order valence-electron chi connectivity index (χ0n) is 7.82. The Morgan fingerprint density at radius 2 is 2.00 bits per heavy atom. The van der Waals surface area contributed by atoms with E-state index in [1.807, 2.05) is 18.2 Å². The van der Waals surface area contributed by atoms with Gasteiger partial charge in [-0.2, -0.15) is 4.98 Å². The SMILES string of the molecule is Clc1nccc(Oc2ccc(Br)cc2Br)n1. The first-order valence-corrected chi connectivity index (χ1v) is 6.23. The van der Waals surface area contributed by atoms with Gasteiger partial charge < -0.3 is 4.74 Å². The predicted octanol–water partition coefficient (Wildman–Crippen LogP) is 4.45. The summed E-state index contributed by atoms with van der Waals surface area (Å²) in [5.41, 5.74) is 0. The molecule has 0 N–H and O–H groups in total. The number of halogens is 3. The average Bonchev–Trinajstić information content (AvgIpc) is 2.22. The second-order valence-electron chi connectivity index (χ2n) is 2.84. The van der Waals surface area contributed by atoms with Crippen molar-refractivity contribution in [3.8, 4) is 11.6 Å². The van der Waals surface area contributed by atoms with E-state index in [4.69, 9.17) is 16.3 Å². The molecule has 0 saturated heterocycles. The lowest BCUT2D eigenvalue weighted by Crippen LogP contribution is -1.90. The van der Waals surface area contributed by atoms with Gasteiger partial charge in [-0.1, -0.05) is 15.9 Å². The second kappa shape index (κ2) is 5.12. The molecule has 1 aromatic heterocycles. The minimum Gasteiger partial charge on any atom is -0.438 e. The third-order valence-corrected chi connectivity index (χ3v) is 3.00. The second-order valence-corrected chi connectivity index (χ2v) is 4.95. The number of aromatic nitrogens is 2. The maximum absolute atomic E-state index is 5.65. The maximum atomic E-state index is 5.65. The van der Waals surface area contributed by atoms with Gasteiger partial charge in [0, 0.05) is 16.7 Å². The van der Waals surface area contributed by atoms with Crippen molar-refractivity contribution in [3.05, 3.63) is 44.7 Å². The van der Waals surface area contributed by atoms with Crippen LogP contribution in [0, 0.1) is 0 Å². The monoisotopic (exact) mass is 362 g/mol. The summed E-state index contributed by atoms with van der Waals surface area (Å²) in [6, 6.07) is 7.23. The van der Waals surface area contributed by atoms with Crippen LogP contribution in [0.15, 0.2) is 39.4 Å². The van der Waals surface area contributed by atoms with Crippen molar-refractivity contribution in [1.82, 2.24) is 9.97 Å². The van der Waals surface area contributed by atoms with E-state index >= 15 is 0 Å². The highest BCUT2D eigenvalue weighted by molar-refractivity contribution is 9.11. The van der Waals surface area contributed by atoms with Gasteiger partial charge in [-0.25, -0.2) is 4.98 Å². The molecule has 0 spiro atoms. The molecule has 16 heavy (non-hydrogen) atoms. The van der Waals surface area contributed by atoms with Crippen molar-refractivity contribution in [2.75, 3.05) is 0 Å². The Hall–Kier alpha value is -0.650. The first-order valence-electron chi connectivity index (χ1n) is 4.26. The molecule has 0 fully saturated rings. The van der Waals surface area contributed by atoms with E-state index in [0.717, 1.165) is 8.95 Å². The molecule has 1 heterocycles. The van der Waals surface area contributed by atoms with Gasteiger partial charge in [0.15, 0.2) is 0 Å². The summed E-state index contributed by atoms with van der Waals surface area (Å²) < 4.78 is 7.34. The molecule has 0 atom stereocenters. The van der Waals surface area contributed by atoms with Crippen LogP contribution >= 0.6 is 43.5 Å². The molecule has 0 aliphatic heterocycles. The molecule has 1 aromatic carbocycles. The number of benzene rings is 1. The average molecular weight is 364 g/mol. The Morgan fingerprint density at radius 1 is 1.19 bits per heavy atom. The molecule has 2 aromatic rings. The lowest BCUT2D eigenvalue weighted by molar-refractivity contribution is 0.458. The highest BCUT2D eigenvalue weighted by Gasteiger charge is 2.04. The number of hydrogen-bond donors (Lipinski definition) is 0. The van der Waals surface area contributed by atoms with Crippen LogP contribution in [-0.4, -0.2) is 9.97 Å². The fraction of sp³-hybridized carbons (Fsp3) is 0. The zero-order valence-corrected chi connectivity index (χ0v) is 11.8. The van der Waals surface area contributed by atoms with E-state index in [-0.39, 0.29) is 5.28 Å². The summed E-state index contributed by atoms with van der Waals surface area (Å²) in [7, 11) is 0. The van der Waals surface area contributed by atoms with Crippen molar-refractivity contribution in [1.29, 1.82) is 0 Å². The van der Waals surface area contributed by atoms with E-state index in [1.54, 1.807) is 6.07 Å². The summed E-state index contributed by atoms with van der Waals surface area (Å²) in [5, 5.41) is 0.158. The molecular formula is C10H5Br2ClN2O. The van der Waals surface area contributed by atoms with Gasteiger partial charge in [0.1, 0.15) is 5.75 Å². The van der Waals surface area contributed by atoms with E-state index in [2.05, 4.69) is 41.8 Å². The minimum absolute atomic E-state index is 0.158. The van der Waals surface area contributed by atoms with Gasteiger partial charge in [-0.3, -0.25) is 0 Å². The largest absolute Gasteiger partial charge is 0.438 e. The van der Waals surface area contributed by atoms with Crippen molar-refractivity contribution >= 4 is 43.5 Å². The Morgan fingerprint density at radius 3 is 2.69 bits per heavy atom.